The van der Waals surface area contributed by atoms with Crippen molar-refractivity contribution < 1.29 is 14.3 Å². The molecule has 0 spiro atoms. The summed E-state index contributed by atoms with van der Waals surface area (Å²) in [5.74, 6) is -0.255. The van der Waals surface area contributed by atoms with Crippen LogP contribution in [0.25, 0.3) is 0 Å². The Morgan fingerprint density at radius 2 is 2.10 bits per heavy atom. The van der Waals surface area contributed by atoms with Gasteiger partial charge in [0.1, 0.15) is 5.82 Å². The van der Waals surface area contributed by atoms with Gasteiger partial charge in [0.25, 0.3) is 0 Å². The highest BCUT2D eigenvalue weighted by Crippen LogP contribution is 2.09. The molecule has 0 bridgehead atoms. The van der Waals surface area contributed by atoms with Crippen LogP contribution in [-0.4, -0.2) is 41.8 Å². The van der Waals surface area contributed by atoms with Gasteiger partial charge in [0.15, 0.2) is 0 Å². The van der Waals surface area contributed by atoms with Gasteiger partial charge in [0.2, 0.25) is 0 Å². The molecule has 4 nitrogen and oxygen atoms in total. The predicted octanol–water partition coefficient (Wildman–Crippen LogP) is 2.17. The van der Waals surface area contributed by atoms with Crippen LogP contribution in [-0.2, 0) is 6.42 Å². The number of carbonyl (C=O) groups excluding carboxylic acids is 1. The van der Waals surface area contributed by atoms with Crippen molar-refractivity contribution in [1.82, 2.24) is 10.2 Å². The van der Waals surface area contributed by atoms with Gasteiger partial charge < -0.3 is 15.3 Å². The Kier molecular flexibility index (Phi) is 7.01. The number of nitrogens with zero attached hydrogens (tertiary/aromatic N) is 1. The van der Waals surface area contributed by atoms with Crippen LogP contribution in [0, 0.1) is 5.82 Å². The monoisotopic (exact) mass is 282 g/mol. The zero-order valence-corrected chi connectivity index (χ0v) is 12.1. The Morgan fingerprint density at radius 1 is 1.40 bits per heavy atom. The third-order valence-corrected chi connectivity index (χ3v) is 3.00. The van der Waals surface area contributed by atoms with E-state index < -0.39 is 0 Å². The molecule has 5 heteroatoms. The lowest BCUT2D eigenvalue weighted by Gasteiger charge is -2.24. The second-order valence-corrected chi connectivity index (χ2v) is 4.86. The first kappa shape index (κ1) is 16.4. The van der Waals surface area contributed by atoms with E-state index in [1.54, 1.807) is 23.1 Å². The molecule has 0 fully saturated rings. The summed E-state index contributed by atoms with van der Waals surface area (Å²) in [7, 11) is 0. The lowest BCUT2D eigenvalue weighted by atomic mass is 10.1. The first-order valence-corrected chi connectivity index (χ1v) is 6.98. The van der Waals surface area contributed by atoms with Gasteiger partial charge in [-0.05, 0) is 31.4 Å². The minimum Gasteiger partial charge on any atom is -0.395 e. The topological polar surface area (TPSA) is 52.6 Å². The zero-order valence-electron chi connectivity index (χ0n) is 12.1. The maximum Gasteiger partial charge on any atom is 0.317 e. The first-order valence-electron chi connectivity index (χ1n) is 6.98. The fourth-order valence-electron chi connectivity index (χ4n) is 2.05. The van der Waals surface area contributed by atoms with Gasteiger partial charge in [-0.1, -0.05) is 25.1 Å². The lowest BCUT2D eigenvalue weighted by Crippen LogP contribution is -2.46. The molecular weight excluding hydrogens is 259 g/mol. The molecule has 2 amide bonds. The first-order chi connectivity index (χ1) is 9.58. The molecule has 0 aliphatic rings. The largest absolute Gasteiger partial charge is 0.395 e. The zero-order chi connectivity index (χ0) is 15.0. The average molecular weight is 282 g/mol. The summed E-state index contributed by atoms with van der Waals surface area (Å²) < 4.78 is 13.5. The molecule has 0 aromatic heterocycles. The van der Waals surface area contributed by atoms with Crippen LogP contribution in [0.5, 0.6) is 0 Å². The van der Waals surface area contributed by atoms with Gasteiger partial charge in [-0.3, -0.25) is 0 Å². The number of aliphatic hydroxyl groups excluding tert-OH is 1. The van der Waals surface area contributed by atoms with Crippen molar-refractivity contribution >= 4 is 6.03 Å². The van der Waals surface area contributed by atoms with Crippen molar-refractivity contribution in [2.24, 2.45) is 0 Å². The molecule has 1 aromatic carbocycles. The Morgan fingerprint density at radius 3 is 2.70 bits per heavy atom. The number of hydrogen-bond acceptors (Lipinski definition) is 2. The summed E-state index contributed by atoms with van der Waals surface area (Å²) in [5.41, 5.74) is 0.587. The molecule has 0 saturated heterocycles. The van der Waals surface area contributed by atoms with Crippen molar-refractivity contribution in [3.63, 3.8) is 0 Å². The minimum absolute atomic E-state index is 0.0604. The third kappa shape index (κ3) is 5.17. The Bertz CT molecular complexity index is 420. The highest BCUT2D eigenvalue weighted by Gasteiger charge is 2.15. The van der Waals surface area contributed by atoms with Crippen LogP contribution in [0.4, 0.5) is 9.18 Å². The van der Waals surface area contributed by atoms with E-state index in [4.69, 9.17) is 5.11 Å². The number of amides is 2. The van der Waals surface area contributed by atoms with Gasteiger partial charge in [0, 0.05) is 19.1 Å². The molecule has 0 heterocycles. The standard InChI is InChI=1S/C15H23FN2O2/c1-3-8-18(9-10-19)15(20)17-12(2)11-13-6-4-5-7-14(13)16/h4-7,12,19H,3,8-11H2,1-2H3,(H,17,20). The second-order valence-electron chi connectivity index (χ2n) is 4.86. The number of nitrogens with one attached hydrogen (secondary N) is 1. The normalized spacial score (nSPS) is 12.0. The van der Waals surface area contributed by atoms with Crippen LogP contribution >= 0.6 is 0 Å². The highest BCUT2D eigenvalue weighted by atomic mass is 19.1. The predicted molar refractivity (Wildman–Crippen MR) is 77.0 cm³/mol. The summed E-state index contributed by atoms with van der Waals surface area (Å²) >= 11 is 0. The summed E-state index contributed by atoms with van der Waals surface area (Å²) in [6.45, 7) is 4.66. The number of urea groups is 1. The molecule has 1 unspecified atom stereocenters. The molecule has 0 aliphatic carbocycles. The molecule has 0 saturated carbocycles. The van der Waals surface area contributed by atoms with Gasteiger partial charge in [0.05, 0.1) is 6.61 Å². The Balaban J connectivity index is 2.54. The highest BCUT2D eigenvalue weighted by molar-refractivity contribution is 5.74. The quantitative estimate of drug-likeness (QED) is 0.805. The molecular formula is C15H23FN2O2. The maximum absolute atomic E-state index is 13.5. The molecule has 1 atom stereocenters. The van der Waals surface area contributed by atoms with Crippen LogP contribution in [0.3, 0.4) is 0 Å². The number of benzene rings is 1. The maximum atomic E-state index is 13.5. The number of halogens is 1. The van der Waals surface area contributed by atoms with Crippen molar-refractivity contribution in [1.29, 1.82) is 0 Å². The fourth-order valence-corrected chi connectivity index (χ4v) is 2.05. The summed E-state index contributed by atoms with van der Waals surface area (Å²) in [6, 6.07) is 6.17. The number of hydrogen-bond donors (Lipinski definition) is 2. The summed E-state index contributed by atoms with van der Waals surface area (Å²) in [6.07, 6.45) is 1.27. The molecule has 0 aliphatic heterocycles. The minimum atomic E-state index is -0.255. The second kappa shape index (κ2) is 8.53. The molecule has 0 radical (unpaired) electrons. The third-order valence-electron chi connectivity index (χ3n) is 3.00. The van der Waals surface area contributed by atoms with Crippen molar-refractivity contribution in [2.45, 2.75) is 32.7 Å². The Labute approximate surface area is 119 Å². The number of aliphatic hydroxyl groups is 1. The van der Waals surface area contributed by atoms with Crippen LogP contribution in [0.2, 0.25) is 0 Å². The van der Waals surface area contributed by atoms with Gasteiger partial charge in [-0.25, -0.2) is 9.18 Å². The van der Waals surface area contributed by atoms with Crippen molar-refractivity contribution in [3.8, 4) is 0 Å². The van der Waals surface area contributed by atoms with E-state index in [1.165, 1.54) is 6.07 Å². The number of rotatable bonds is 7. The van der Waals surface area contributed by atoms with E-state index in [-0.39, 0.29) is 24.5 Å². The molecule has 20 heavy (non-hydrogen) atoms. The van der Waals surface area contributed by atoms with E-state index in [2.05, 4.69) is 5.32 Å². The van der Waals surface area contributed by atoms with E-state index in [0.717, 1.165) is 6.42 Å². The SMILES string of the molecule is CCCN(CCO)C(=O)NC(C)Cc1ccccc1F. The van der Waals surface area contributed by atoms with E-state index >= 15 is 0 Å². The Hall–Kier alpha value is -1.62. The van der Waals surface area contributed by atoms with Crippen molar-refractivity contribution in [3.05, 3.63) is 35.6 Å². The van der Waals surface area contributed by atoms with E-state index in [1.807, 2.05) is 13.8 Å². The van der Waals surface area contributed by atoms with Crippen molar-refractivity contribution in [2.75, 3.05) is 19.7 Å². The summed E-state index contributed by atoms with van der Waals surface area (Å²) in [5, 5.41) is 11.8. The van der Waals surface area contributed by atoms with Crippen LogP contribution in [0.15, 0.2) is 24.3 Å². The van der Waals surface area contributed by atoms with Gasteiger partial charge in [-0.2, -0.15) is 0 Å². The fraction of sp³-hybridized carbons (Fsp3) is 0.533. The van der Waals surface area contributed by atoms with Crippen LogP contribution in [0.1, 0.15) is 25.8 Å². The van der Waals surface area contributed by atoms with Gasteiger partial charge in [-0.15, -0.1) is 0 Å². The number of carbonyl (C=O) groups is 1. The molecule has 1 rings (SSSR count). The average Bonchev–Trinajstić information content (AvgIpc) is 2.41. The van der Waals surface area contributed by atoms with Crippen LogP contribution < -0.4 is 5.32 Å². The van der Waals surface area contributed by atoms with Gasteiger partial charge >= 0.3 is 6.03 Å². The smallest absolute Gasteiger partial charge is 0.317 e. The molecule has 2 N–H and O–H groups in total. The molecule has 1 aromatic rings. The van der Waals surface area contributed by atoms with E-state index in [9.17, 15) is 9.18 Å². The lowest BCUT2D eigenvalue weighted by molar-refractivity contribution is 0.174. The van der Waals surface area contributed by atoms with E-state index in [0.29, 0.717) is 25.1 Å². The summed E-state index contributed by atoms with van der Waals surface area (Å²) in [4.78, 5) is 13.6. The molecule has 112 valence electrons.